The predicted molar refractivity (Wildman–Crippen MR) is 94.7 cm³/mol. The topological polar surface area (TPSA) is 89.3 Å². The second-order valence-electron chi connectivity index (χ2n) is 5.21. The minimum Gasteiger partial charge on any atom is -0.349 e. The third kappa shape index (κ3) is 3.36. The van der Waals surface area contributed by atoms with Crippen LogP contribution >= 0.6 is 0 Å². The molecule has 7 heteroatoms. The van der Waals surface area contributed by atoms with Crippen LogP contribution < -0.4 is 5.32 Å². The molecule has 0 aliphatic heterocycles. The van der Waals surface area contributed by atoms with Crippen LogP contribution in [0.1, 0.15) is 0 Å². The first kappa shape index (κ1) is 16.7. The smallest absolute Gasteiger partial charge is 0.292 e. The summed E-state index contributed by atoms with van der Waals surface area (Å²) in [5.41, 5.74) is 0.373. The Labute approximate surface area is 144 Å². The van der Waals surface area contributed by atoms with Gasteiger partial charge in [0.1, 0.15) is 5.69 Å². The maximum atomic E-state index is 12.9. The van der Waals surface area contributed by atoms with Crippen molar-refractivity contribution >= 4 is 26.9 Å². The number of hydrogen-bond donors (Lipinski definition) is 1. The first-order valence-corrected chi connectivity index (χ1v) is 8.88. The van der Waals surface area contributed by atoms with E-state index in [4.69, 9.17) is 0 Å². The van der Waals surface area contributed by atoms with Gasteiger partial charge in [0, 0.05) is 6.07 Å². The second-order valence-corrected chi connectivity index (χ2v) is 7.13. The SMILES string of the molecule is O=[N+]([O-])c1ccccc1Nc1ccccc1S(=O)(=O)c1ccccc1. The molecule has 0 saturated heterocycles. The number of nitrogens with zero attached hydrogens (tertiary/aromatic N) is 1. The predicted octanol–water partition coefficient (Wildman–Crippen LogP) is 4.17. The second kappa shape index (κ2) is 6.74. The highest BCUT2D eigenvalue weighted by Crippen LogP contribution is 2.32. The molecule has 0 saturated carbocycles. The summed E-state index contributed by atoms with van der Waals surface area (Å²) in [6.45, 7) is 0. The van der Waals surface area contributed by atoms with Crippen LogP contribution in [0.5, 0.6) is 0 Å². The number of nitro benzene ring substituents is 1. The molecular formula is C18H14N2O4S. The fourth-order valence-electron chi connectivity index (χ4n) is 2.41. The average Bonchev–Trinajstić information content (AvgIpc) is 2.63. The number of sulfone groups is 1. The molecule has 25 heavy (non-hydrogen) atoms. The standard InChI is InChI=1S/C18H14N2O4S/c21-20(22)17-12-6-4-10-15(17)19-16-11-5-7-13-18(16)25(23,24)14-8-2-1-3-9-14/h1-13,19H. The molecule has 0 aliphatic carbocycles. The summed E-state index contributed by atoms with van der Waals surface area (Å²) in [5, 5.41) is 14.0. The number of para-hydroxylation sites is 3. The van der Waals surface area contributed by atoms with Crippen molar-refractivity contribution in [2.24, 2.45) is 0 Å². The van der Waals surface area contributed by atoms with Crippen molar-refractivity contribution in [2.75, 3.05) is 5.32 Å². The molecule has 3 aromatic rings. The molecule has 0 spiro atoms. The molecule has 1 N–H and O–H groups in total. The molecule has 0 bridgehead atoms. The lowest BCUT2D eigenvalue weighted by molar-refractivity contribution is -0.383. The first-order valence-electron chi connectivity index (χ1n) is 7.40. The van der Waals surface area contributed by atoms with Crippen LogP contribution in [0.25, 0.3) is 0 Å². The van der Waals surface area contributed by atoms with E-state index in [0.29, 0.717) is 0 Å². The molecular weight excluding hydrogens is 340 g/mol. The third-order valence-electron chi connectivity index (χ3n) is 3.60. The number of hydrogen-bond acceptors (Lipinski definition) is 5. The van der Waals surface area contributed by atoms with Gasteiger partial charge in [0.15, 0.2) is 0 Å². The molecule has 6 nitrogen and oxygen atoms in total. The molecule has 0 atom stereocenters. The van der Waals surface area contributed by atoms with Crippen LogP contribution in [0, 0.1) is 10.1 Å². The summed E-state index contributed by atoms with van der Waals surface area (Å²) >= 11 is 0. The van der Waals surface area contributed by atoms with Crippen molar-refractivity contribution in [1.29, 1.82) is 0 Å². The fraction of sp³-hybridized carbons (Fsp3) is 0. The van der Waals surface area contributed by atoms with Crippen molar-refractivity contribution < 1.29 is 13.3 Å². The molecule has 3 rings (SSSR count). The minimum absolute atomic E-state index is 0.0550. The van der Waals surface area contributed by atoms with E-state index >= 15 is 0 Å². The number of rotatable bonds is 5. The molecule has 0 unspecified atom stereocenters. The molecule has 0 radical (unpaired) electrons. The van der Waals surface area contributed by atoms with E-state index in [1.54, 1.807) is 48.5 Å². The van der Waals surface area contributed by atoms with E-state index in [-0.39, 0.29) is 26.9 Å². The summed E-state index contributed by atoms with van der Waals surface area (Å²) in [6, 6.07) is 20.5. The lowest BCUT2D eigenvalue weighted by Crippen LogP contribution is -2.06. The Morgan fingerprint density at radius 3 is 2.00 bits per heavy atom. The Morgan fingerprint density at radius 1 is 0.760 bits per heavy atom. The summed E-state index contributed by atoms with van der Waals surface area (Å²) in [4.78, 5) is 10.9. The molecule has 0 aliphatic rings. The molecule has 3 aromatic carbocycles. The van der Waals surface area contributed by atoms with E-state index < -0.39 is 14.8 Å². The van der Waals surface area contributed by atoms with Crippen LogP contribution in [-0.4, -0.2) is 13.3 Å². The zero-order valence-corrected chi connectivity index (χ0v) is 13.8. The van der Waals surface area contributed by atoms with Gasteiger partial charge in [-0.3, -0.25) is 10.1 Å². The highest BCUT2D eigenvalue weighted by molar-refractivity contribution is 7.91. The summed E-state index contributed by atoms with van der Waals surface area (Å²) in [6.07, 6.45) is 0. The summed E-state index contributed by atoms with van der Waals surface area (Å²) in [7, 11) is -3.76. The number of anilines is 2. The largest absolute Gasteiger partial charge is 0.349 e. The first-order chi connectivity index (χ1) is 12.0. The van der Waals surface area contributed by atoms with E-state index in [1.165, 1.54) is 30.3 Å². The normalized spacial score (nSPS) is 11.0. The van der Waals surface area contributed by atoms with E-state index in [1.807, 2.05) is 0 Å². The van der Waals surface area contributed by atoms with Gasteiger partial charge in [-0.15, -0.1) is 0 Å². The zero-order chi connectivity index (χ0) is 17.9. The molecule has 0 amide bonds. The van der Waals surface area contributed by atoms with Crippen LogP contribution in [-0.2, 0) is 9.84 Å². The lowest BCUT2D eigenvalue weighted by atomic mass is 10.2. The van der Waals surface area contributed by atoms with E-state index in [9.17, 15) is 18.5 Å². The Morgan fingerprint density at radius 2 is 1.32 bits per heavy atom. The van der Waals surface area contributed by atoms with Crippen LogP contribution in [0.4, 0.5) is 17.1 Å². The van der Waals surface area contributed by atoms with Crippen molar-refractivity contribution in [2.45, 2.75) is 9.79 Å². The van der Waals surface area contributed by atoms with Crippen molar-refractivity contribution in [3.63, 3.8) is 0 Å². The molecule has 0 aromatic heterocycles. The highest BCUT2D eigenvalue weighted by atomic mass is 32.2. The maximum absolute atomic E-state index is 12.9. The molecule has 0 heterocycles. The van der Waals surface area contributed by atoms with Gasteiger partial charge in [-0.25, -0.2) is 8.42 Å². The van der Waals surface area contributed by atoms with Gasteiger partial charge in [-0.1, -0.05) is 42.5 Å². The van der Waals surface area contributed by atoms with Gasteiger partial charge in [0.25, 0.3) is 5.69 Å². The van der Waals surface area contributed by atoms with Gasteiger partial charge in [-0.2, -0.15) is 0 Å². The molecule has 126 valence electrons. The quantitative estimate of drug-likeness (QED) is 0.548. The Bertz CT molecular complexity index is 1020. The average molecular weight is 354 g/mol. The van der Waals surface area contributed by atoms with Crippen molar-refractivity contribution in [3.8, 4) is 0 Å². The van der Waals surface area contributed by atoms with Crippen LogP contribution in [0.15, 0.2) is 88.7 Å². The molecule has 0 fully saturated rings. The van der Waals surface area contributed by atoms with Gasteiger partial charge in [0.2, 0.25) is 9.84 Å². The summed E-state index contributed by atoms with van der Waals surface area (Å²) in [5.74, 6) is 0. The fourth-order valence-corrected chi connectivity index (χ4v) is 3.85. The van der Waals surface area contributed by atoms with Crippen molar-refractivity contribution in [1.82, 2.24) is 0 Å². The van der Waals surface area contributed by atoms with Crippen LogP contribution in [0.3, 0.4) is 0 Å². The summed E-state index contributed by atoms with van der Waals surface area (Å²) < 4.78 is 25.8. The Balaban J connectivity index is 2.08. The maximum Gasteiger partial charge on any atom is 0.292 e. The minimum atomic E-state index is -3.76. The van der Waals surface area contributed by atoms with Crippen LogP contribution in [0.2, 0.25) is 0 Å². The number of benzene rings is 3. The monoisotopic (exact) mass is 354 g/mol. The highest BCUT2D eigenvalue weighted by Gasteiger charge is 2.22. The van der Waals surface area contributed by atoms with Gasteiger partial charge < -0.3 is 5.32 Å². The Hall–Kier alpha value is -3.19. The zero-order valence-electron chi connectivity index (χ0n) is 13.0. The Kier molecular flexibility index (Phi) is 4.49. The van der Waals surface area contributed by atoms with E-state index in [2.05, 4.69) is 5.32 Å². The lowest BCUT2D eigenvalue weighted by Gasteiger charge is -2.13. The third-order valence-corrected chi connectivity index (χ3v) is 5.43. The van der Waals surface area contributed by atoms with Gasteiger partial charge in [-0.05, 0) is 30.3 Å². The number of nitrogens with one attached hydrogen (secondary N) is 1. The van der Waals surface area contributed by atoms with E-state index in [0.717, 1.165) is 0 Å². The number of nitro groups is 1. The van der Waals surface area contributed by atoms with Gasteiger partial charge in [0.05, 0.1) is 20.4 Å². The van der Waals surface area contributed by atoms with Crippen molar-refractivity contribution in [3.05, 3.63) is 89.0 Å². The van der Waals surface area contributed by atoms with Gasteiger partial charge >= 0.3 is 0 Å².